The number of ether oxygens (including phenoxy) is 2. The van der Waals surface area contributed by atoms with Gasteiger partial charge < -0.3 is 14.6 Å². The van der Waals surface area contributed by atoms with Crippen LogP contribution < -0.4 is 0 Å². The molecule has 0 aliphatic carbocycles. The molecule has 0 amide bonds. The Bertz CT molecular complexity index is 776. The minimum Gasteiger partial charge on any atom is -0.481 e. The smallest absolute Gasteiger partial charge is 0.311 e. The molecule has 4 unspecified atom stereocenters. The largest absolute Gasteiger partial charge is 0.481 e. The van der Waals surface area contributed by atoms with Crippen molar-refractivity contribution in [2.24, 2.45) is 23.2 Å². The van der Waals surface area contributed by atoms with Gasteiger partial charge in [-0.3, -0.25) is 14.4 Å². The predicted molar refractivity (Wildman–Crippen MR) is 226 cm³/mol. The molecule has 0 aromatic heterocycles. The lowest BCUT2D eigenvalue weighted by Gasteiger charge is -2.17. The molecular formula is C43H96O6. The summed E-state index contributed by atoms with van der Waals surface area (Å²) in [6, 6.07) is 10.6. The minimum absolute atomic E-state index is 0. The molecule has 0 radical (unpaired) electrons. The van der Waals surface area contributed by atoms with Crippen molar-refractivity contribution in [2.45, 2.75) is 193 Å². The highest BCUT2D eigenvalue weighted by Crippen LogP contribution is 2.20. The lowest BCUT2D eigenvalue weighted by atomic mass is 9.91. The number of hydrogen-bond donors (Lipinski definition) is 1. The van der Waals surface area contributed by atoms with Crippen molar-refractivity contribution in [3.8, 4) is 0 Å². The number of carbonyl (C=O) groups is 3. The van der Waals surface area contributed by atoms with E-state index in [-0.39, 0.29) is 88.6 Å². The molecule has 0 saturated carbocycles. The van der Waals surface area contributed by atoms with Gasteiger partial charge in [0.15, 0.2) is 0 Å². The molecule has 4 atom stereocenters. The van der Waals surface area contributed by atoms with Gasteiger partial charge >= 0.3 is 17.9 Å². The average molecular weight is 709 g/mol. The van der Waals surface area contributed by atoms with E-state index in [4.69, 9.17) is 9.84 Å². The normalized spacial score (nSPS) is 11.1. The van der Waals surface area contributed by atoms with Crippen molar-refractivity contribution in [1.29, 1.82) is 0 Å². The summed E-state index contributed by atoms with van der Waals surface area (Å²) in [5.41, 5.74) is 1.14. The molecule has 0 bridgehead atoms. The zero-order valence-electron chi connectivity index (χ0n) is 28.5. The summed E-state index contributed by atoms with van der Waals surface area (Å²) in [5, 5.41) is 8.18. The van der Waals surface area contributed by atoms with E-state index in [1.54, 1.807) is 6.92 Å². The molecule has 1 rings (SSSR count). The second-order valence-corrected chi connectivity index (χ2v) is 11.5. The summed E-state index contributed by atoms with van der Waals surface area (Å²) in [5.74, 6) is 0.257. The number of aliphatic carboxylic acids is 1. The molecule has 1 N–H and O–H groups in total. The maximum absolute atomic E-state index is 11.4. The van der Waals surface area contributed by atoms with Gasteiger partial charge in [0, 0.05) is 0 Å². The Morgan fingerprint density at radius 2 is 1.16 bits per heavy atom. The molecule has 6 heteroatoms. The van der Waals surface area contributed by atoms with Gasteiger partial charge in [-0.05, 0) is 63.4 Å². The number of hydrogen-bond acceptors (Lipinski definition) is 5. The minimum atomic E-state index is -0.706. The van der Waals surface area contributed by atoms with Crippen molar-refractivity contribution >= 4 is 17.9 Å². The van der Waals surface area contributed by atoms with Crippen molar-refractivity contribution in [2.75, 3.05) is 13.7 Å². The number of carbonyl (C=O) groups excluding carboxylic acids is 2. The number of methoxy groups -OCH3 is 1. The fourth-order valence-corrected chi connectivity index (χ4v) is 3.02. The first-order valence-corrected chi connectivity index (χ1v) is 15.7. The van der Waals surface area contributed by atoms with Crippen LogP contribution in [0.15, 0.2) is 30.3 Å². The molecule has 0 aliphatic rings. The Balaban J connectivity index is -0.0000000427. The number of carboxylic acid groups (broad SMARTS) is 1. The van der Waals surface area contributed by atoms with Crippen molar-refractivity contribution in [3.05, 3.63) is 35.9 Å². The summed E-state index contributed by atoms with van der Waals surface area (Å²) >= 11 is 0. The highest BCUT2D eigenvalue weighted by Gasteiger charge is 2.25. The van der Waals surface area contributed by atoms with Gasteiger partial charge in [0.05, 0.1) is 31.0 Å². The first-order valence-electron chi connectivity index (χ1n) is 15.7. The lowest BCUT2D eigenvalue weighted by Crippen LogP contribution is -2.24. The van der Waals surface area contributed by atoms with E-state index in [9.17, 15) is 14.4 Å². The van der Waals surface area contributed by atoms with E-state index in [1.165, 1.54) is 38.4 Å². The topological polar surface area (TPSA) is 89.9 Å². The van der Waals surface area contributed by atoms with Crippen LogP contribution in [0.3, 0.4) is 0 Å². The Hall–Kier alpha value is -2.37. The second kappa shape index (κ2) is 47.7. The van der Waals surface area contributed by atoms with Gasteiger partial charge in [-0.1, -0.05) is 171 Å². The number of rotatable bonds is 14. The molecule has 1 aromatic rings. The van der Waals surface area contributed by atoms with Crippen LogP contribution in [0.25, 0.3) is 0 Å². The highest BCUT2D eigenvalue weighted by atomic mass is 16.5. The maximum atomic E-state index is 11.4. The standard InChI is InChI=1S/C13H26O2.C10H14.C7H14O2.C5H10O2.8CH4/c1-5-8-9-12(7-3)10-15-13(14)11(4)6-2;1-3-9(2)10-7-5-4-6-8-10;1-5-7(2,3)6(8)9-4;1-3-4(2)5(6)7;;;;;;;;/h11-12H,5-10H2,1-4H3;4-9H,3H2,1-2H3;5H2,1-4H3;4H,3H2,1-2H3,(H,6,7);8*1H4. The summed E-state index contributed by atoms with van der Waals surface area (Å²) < 4.78 is 9.87. The van der Waals surface area contributed by atoms with Crippen LogP contribution in [-0.4, -0.2) is 36.7 Å². The van der Waals surface area contributed by atoms with E-state index in [0.29, 0.717) is 18.4 Å². The van der Waals surface area contributed by atoms with E-state index in [0.717, 1.165) is 25.7 Å². The molecule has 49 heavy (non-hydrogen) atoms. The van der Waals surface area contributed by atoms with E-state index < -0.39 is 5.97 Å². The second-order valence-electron chi connectivity index (χ2n) is 11.5. The average Bonchev–Trinajstić information content (AvgIpc) is 3.00. The van der Waals surface area contributed by atoms with E-state index in [1.807, 2.05) is 41.5 Å². The number of esters is 2. The van der Waals surface area contributed by atoms with Gasteiger partial charge in [-0.15, -0.1) is 0 Å². The SMILES string of the molecule is C.C.C.C.C.C.C.C.CCC(C)(C)C(=O)OC.CCC(C)C(=O)O.CCC(C)c1ccccc1.CCCCC(CC)COC(=O)C(C)CC. The first kappa shape index (κ1) is 76.5. The van der Waals surface area contributed by atoms with E-state index >= 15 is 0 Å². The van der Waals surface area contributed by atoms with Crippen LogP contribution >= 0.6 is 0 Å². The van der Waals surface area contributed by atoms with Crippen LogP contribution in [0.4, 0.5) is 0 Å². The van der Waals surface area contributed by atoms with Crippen LogP contribution in [-0.2, 0) is 23.9 Å². The monoisotopic (exact) mass is 709 g/mol. The fraction of sp³-hybridized carbons (Fsp3) is 0.791. The Morgan fingerprint density at radius 3 is 1.43 bits per heavy atom. The lowest BCUT2D eigenvalue weighted by molar-refractivity contribution is -0.151. The van der Waals surface area contributed by atoms with Gasteiger partial charge in [0.25, 0.3) is 0 Å². The number of carboxylic acids is 1. The Kier molecular flexibility index (Phi) is 74.5. The summed E-state index contributed by atoms with van der Waals surface area (Å²) in [6.45, 7) is 22.7. The zero-order chi connectivity index (χ0) is 32.4. The molecule has 0 fully saturated rings. The third-order valence-electron chi connectivity index (χ3n) is 7.66. The summed E-state index contributed by atoms with van der Waals surface area (Å²) in [7, 11) is 1.42. The highest BCUT2D eigenvalue weighted by molar-refractivity contribution is 5.75. The molecule has 0 heterocycles. The predicted octanol–water partition coefficient (Wildman–Crippen LogP) is 14.8. The van der Waals surface area contributed by atoms with Crippen LogP contribution in [0.2, 0.25) is 0 Å². The Labute approximate surface area is 312 Å². The van der Waals surface area contributed by atoms with E-state index in [2.05, 4.69) is 62.8 Å². The molecule has 0 saturated heterocycles. The van der Waals surface area contributed by atoms with Gasteiger partial charge in [-0.25, -0.2) is 0 Å². The van der Waals surface area contributed by atoms with Crippen molar-refractivity contribution in [1.82, 2.24) is 0 Å². The first-order chi connectivity index (χ1) is 19.2. The summed E-state index contributed by atoms with van der Waals surface area (Å²) in [4.78, 5) is 32.2. The third-order valence-corrected chi connectivity index (χ3v) is 7.66. The molecule has 0 spiro atoms. The van der Waals surface area contributed by atoms with Gasteiger partial charge in [0.1, 0.15) is 0 Å². The molecule has 304 valence electrons. The molecule has 6 nitrogen and oxygen atoms in total. The fourth-order valence-electron chi connectivity index (χ4n) is 3.02. The van der Waals surface area contributed by atoms with Crippen LogP contribution in [0.1, 0.15) is 198 Å². The molecule has 0 aliphatic heterocycles. The third kappa shape index (κ3) is 41.7. The van der Waals surface area contributed by atoms with Gasteiger partial charge in [-0.2, -0.15) is 0 Å². The van der Waals surface area contributed by atoms with Crippen molar-refractivity contribution in [3.63, 3.8) is 0 Å². The number of unbranched alkanes of at least 4 members (excludes halogenated alkanes) is 1. The zero-order valence-corrected chi connectivity index (χ0v) is 28.5. The van der Waals surface area contributed by atoms with Crippen LogP contribution in [0, 0.1) is 23.2 Å². The molecular weight excluding hydrogens is 612 g/mol. The number of benzene rings is 1. The Morgan fingerprint density at radius 1 is 0.714 bits per heavy atom. The van der Waals surface area contributed by atoms with Crippen LogP contribution in [0.5, 0.6) is 0 Å². The molecule has 1 aromatic carbocycles. The quantitative estimate of drug-likeness (QED) is 0.193. The summed E-state index contributed by atoms with van der Waals surface area (Å²) in [6.07, 6.45) is 8.37. The van der Waals surface area contributed by atoms with Gasteiger partial charge in [0.2, 0.25) is 0 Å². The van der Waals surface area contributed by atoms with Crippen molar-refractivity contribution < 1.29 is 29.0 Å². The maximum Gasteiger partial charge on any atom is 0.311 e.